The van der Waals surface area contributed by atoms with Crippen molar-refractivity contribution in [1.29, 1.82) is 0 Å². The number of nitrogens with one attached hydrogen (secondary N) is 1. The van der Waals surface area contributed by atoms with Crippen molar-refractivity contribution >= 4 is 5.96 Å². The molecule has 0 atom stereocenters. The van der Waals surface area contributed by atoms with E-state index in [-0.39, 0.29) is 0 Å². The Bertz CT molecular complexity index is 541. The third-order valence-corrected chi connectivity index (χ3v) is 5.06. The van der Waals surface area contributed by atoms with Crippen LogP contribution >= 0.6 is 0 Å². The lowest BCUT2D eigenvalue weighted by Gasteiger charge is -2.26. The first kappa shape index (κ1) is 20.6. The van der Waals surface area contributed by atoms with Crippen LogP contribution in [-0.2, 0) is 6.54 Å². The maximum Gasteiger partial charge on any atom is 0.193 e. The summed E-state index contributed by atoms with van der Waals surface area (Å²) in [5.74, 6) is 1.86. The number of likely N-dealkylation sites (tertiary alicyclic amines) is 1. The topological polar surface area (TPSA) is 40.1 Å². The normalized spacial score (nSPS) is 15.7. The van der Waals surface area contributed by atoms with Crippen LogP contribution in [0.5, 0.6) is 5.75 Å². The van der Waals surface area contributed by atoms with Gasteiger partial charge in [-0.25, -0.2) is 0 Å². The molecule has 26 heavy (non-hydrogen) atoms. The predicted molar refractivity (Wildman–Crippen MR) is 110 cm³/mol. The highest BCUT2D eigenvalue weighted by atomic mass is 16.5. The zero-order valence-electron chi connectivity index (χ0n) is 16.8. The van der Waals surface area contributed by atoms with Crippen LogP contribution in [0, 0.1) is 0 Å². The number of rotatable bonds is 9. The molecule has 1 aromatic carbocycles. The van der Waals surface area contributed by atoms with Crippen molar-refractivity contribution in [3.63, 3.8) is 0 Å². The lowest BCUT2D eigenvalue weighted by Crippen LogP contribution is -2.39. The van der Waals surface area contributed by atoms with Gasteiger partial charge in [0, 0.05) is 32.7 Å². The minimum atomic E-state index is 0.776. The first-order valence-electron chi connectivity index (χ1n) is 10.0. The second-order valence-corrected chi connectivity index (χ2v) is 7.10. The van der Waals surface area contributed by atoms with Gasteiger partial charge in [-0.3, -0.25) is 4.99 Å². The molecule has 0 aromatic heterocycles. The zero-order valence-corrected chi connectivity index (χ0v) is 16.8. The Kier molecular flexibility index (Phi) is 9.32. The fourth-order valence-corrected chi connectivity index (χ4v) is 3.57. The fraction of sp³-hybridized carbons (Fsp3) is 0.667. The van der Waals surface area contributed by atoms with Gasteiger partial charge in [0.1, 0.15) is 5.75 Å². The van der Waals surface area contributed by atoms with E-state index in [9.17, 15) is 0 Å². The molecule has 1 aromatic rings. The number of hydrogen-bond donors (Lipinski definition) is 1. The van der Waals surface area contributed by atoms with E-state index in [1.54, 1.807) is 7.11 Å². The summed E-state index contributed by atoms with van der Waals surface area (Å²) in [6.07, 6.45) is 7.96. The predicted octanol–water partition coefficient (Wildman–Crippen LogP) is 3.36. The summed E-state index contributed by atoms with van der Waals surface area (Å²) in [5.41, 5.74) is 1.17. The van der Waals surface area contributed by atoms with Crippen molar-refractivity contribution in [2.45, 2.75) is 45.1 Å². The summed E-state index contributed by atoms with van der Waals surface area (Å²) in [5, 5.41) is 3.49. The average Bonchev–Trinajstić information content (AvgIpc) is 2.68. The molecule has 5 heteroatoms. The number of ether oxygens (including phenoxy) is 1. The lowest BCUT2D eigenvalue weighted by atomic mass is 10.1. The Morgan fingerprint density at radius 1 is 1.15 bits per heavy atom. The molecule has 0 saturated carbocycles. The Balaban J connectivity index is 1.65. The van der Waals surface area contributed by atoms with Gasteiger partial charge < -0.3 is 19.9 Å². The molecule has 146 valence electrons. The third-order valence-electron chi connectivity index (χ3n) is 5.06. The second kappa shape index (κ2) is 11.8. The Morgan fingerprint density at radius 3 is 2.65 bits per heavy atom. The van der Waals surface area contributed by atoms with E-state index < -0.39 is 0 Å². The molecule has 1 aliphatic rings. The van der Waals surface area contributed by atoms with E-state index >= 15 is 0 Å². The minimum absolute atomic E-state index is 0.776. The van der Waals surface area contributed by atoms with Crippen LogP contribution in [0.2, 0.25) is 0 Å². The monoisotopic (exact) mass is 360 g/mol. The molecule has 2 rings (SSSR count). The smallest absolute Gasteiger partial charge is 0.193 e. The highest BCUT2D eigenvalue weighted by molar-refractivity contribution is 5.79. The first-order chi connectivity index (χ1) is 12.7. The van der Waals surface area contributed by atoms with Gasteiger partial charge in [-0.05, 0) is 51.4 Å². The number of guanidine groups is 1. The summed E-state index contributed by atoms with van der Waals surface area (Å²) in [4.78, 5) is 9.18. The van der Waals surface area contributed by atoms with E-state index in [0.29, 0.717) is 0 Å². The molecule has 1 heterocycles. The minimum Gasteiger partial charge on any atom is -0.496 e. The number of nitrogens with zero attached hydrogens (tertiary/aromatic N) is 3. The molecule has 0 unspecified atom stereocenters. The van der Waals surface area contributed by atoms with Crippen molar-refractivity contribution in [3.05, 3.63) is 29.8 Å². The Morgan fingerprint density at radius 2 is 1.92 bits per heavy atom. The zero-order chi connectivity index (χ0) is 18.6. The SMILES string of the molecule is CN=C(NCCCCCN1CCCCC1)N(C)Cc1ccccc1OC. The number of para-hydroxylation sites is 1. The third kappa shape index (κ3) is 6.87. The van der Waals surface area contributed by atoms with Crippen LogP contribution in [0.15, 0.2) is 29.3 Å². The average molecular weight is 361 g/mol. The van der Waals surface area contributed by atoms with Gasteiger partial charge in [0.2, 0.25) is 0 Å². The molecule has 1 N–H and O–H groups in total. The molecule has 5 nitrogen and oxygen atoms in total. The van der Waals surface area contributed by atoms with Crippen LogP contribution < -0.4 is 10.1 Å². The van der Waals surface area contributed by atoms with Gasteiger partial charge in [-0.1, -0.05) is 31.0 Å². The van der Waals surface area contributed by atoms with E-state index in [1.807, 2.05) is 25.2 Å². The van der Waals surface area contributed by atoms with Crippen molar-refractivity contribution < 1.29 is 4.74 Å². The van der Waals surface area contributed by atoms with Crippen molar-refractivity contribution in [2.24, 2.45) is 4.99 Å². The number of benzene rings is 1. The number of methoxy groups -OCH3 is 1. The van der Waals surface area contributed by atoms with Crippen molar-refractivity contribution in [1.82, 2.24) is 15.1 Å². The summed E-state index contributed by atoms with van der Waals surface area (Å²) < 4.78 is 5.44. The summed E-state index contributed by atoms with van der Waals surface area (Å²) >= 11 is 0. The lowest BCUT2D eigenvalue weighted by molar-refractivity contribution is 0.224. The molecule has 1 saturated heterocycles. The van der Waals surface area contributed by atoms with E-state index in [4.69, 9.17) is 4.74 Å². The molecule has 0 aliphatic carbocycles. The standard InChI is InChI=1S/C21H36N4O/c1-22-21(24(2)18-19-12-6-7-13-20(19)26-3)23-14-8-4-9-15-25-16-10-5-11-17-25/h6-7,12-13H,4-5,8-11,14-18H2,1-3H3,(H,22,23). The highest BCUT2D eigenvalue weighted by Crippen LogP contribution is 2.18. The summed E-state index contributed by atoms with van der Waals surface area (Å²) in [6, 6.07) is 8.15. The maximum absolute atomic E-state index is 5.44. The molecule has 0 radical (unpaired) electrons. The number of unbranched alkanes of at least 4 members (excludes halogenated alkanes) is 2. The van der Waals surface area contributed by atoms with Crippen LogP contribution in [0.4, 0.5) is 0 Å². The van der Waals surface area contributed by atoms with Crippen molar-refractivity contribution in [3.8, 4) is 5.75 Å². The maximum atomic E-state index is 5.44. The Labute approximate surface area is 159 Å². The van der Waals surface area contributed by atoms with Gasteiger partial charge in [-0.2, -0.15) is 0 Å². The van der Waals surface area contributed by atoms with Gasteiger partial charge in [-0.15, -0.1) is 0 Å². The van der Waals surface area contributed by atoms with E-state index in [0.717, 1.165) is 24.8 Å². The number of hydrogen-bond acceptors (Lipinski definition) is 3. The van der Waals surface area contributed by atoms with Gasteiger partial charge in [0.05, 0.1) is 7.11 Å². The first-order valence-corrected chi connectivity index (χ1v) is 10.0. The molecule has 0 spiro atoms. The van der Waals surface area contributed by atoms with Crippen molar-refractivity contribution in [2.75, 3.05) is 47.4 Å². The molecular weight excluding hydrogens is 324 g/mol. The van der Waals surface area contributed by atoms with Crippen LogP contribution in [0.25, 0.3) is 0 Å². The largest absolute Gasteiger partial charge is 0.496 e. The quantitative estimate of drug-likeness (QED) is 0.416. The van der Waals surface area contributed by atoms with Gasteiger partial charge in [0.25, 0.3) is 0 Å². The van der Waals surface area contributed by atoms with Gasteiger partial charge >= 0.3 is 0 Å². The number of aliphatic imine (C=N–C) groups is 1. The van der Waals surface area contributed by atoms with E-state index in [2.05, 4.69) is 33.2 Å². The molecule has 1 aliphatic heterocycles. The van der Waals surface area contributed by atoms with Crippen LogP contribution in [0.1, 0.15) is 44.1 Å². The van der Waals surface area contributed by atoms with Crippen LogP contribution in [-0.4, -0.2) is 63.1 Å². The molecule has 0 amide bonds. The van der Waals surface area contributed by atoms with E-state index in [1.165, 1.54) is 63.7 Å². The fourth-order valence-electron chi connectivity index (χ4n) is 3.57. The highest BCUT2D eigenvalue weighted by Gasteiger charge is 2.10. The second-order valence-electron chi connectivity index (χ2n) is 7.10. The Hall–Kier alpha value is -1.75. The molecule has 1 fully saturated rings. The number of piperidine rings is 1. The molecular formula is C21H36N4O. The van der Waals surface area contributed by atoms with Gasteiger partial charge in [0.15, 0.2) is 5.96 Å². The van der Waals surface area contributed by atoms with Crippen LogP contribution in [0.3, 0.4) is 0 Å². The molecule has 0 bridgehead atoms. The summed E-state index contributed by atoms with van der Waals surface area (Å²) in [7, 11) is 5.63. The summed E-state index contributed by atoms with van der Waals surface area (Å²) in [6.45, 7) is 5.63.